The van der Waals surface area contributed by atoms with Crippen molar-refractivity contribution in [3.8, 4) is 5.75 Å². The number of benzene rings is 1. The van der Waals surface area contributed by atoms with Crippen LogP contribution in [0.4, 0.5) is 0 Å². The molecule has 4 nitrogen and oxygen atoms in total. The van der Waals surface area contributed by atoms with E-state index in [1.54, 1.807) is 12.1 Å². The van der Waals surface area contributed by atoms with Crippen LogP contribution in [-0.2, 0) is 10.3 Å². The molecule has 68 valence electrons. The molecule has 0 unspecified atom stereocenters. The van der Waals surface area contributed by atoms with Crippen molar-refractivity contribution in [3.05, 3.63) is 29.3 Å². The minimum Gasteiger partial charge on any atom is -0.365 e. The van der Waals surface area contributed by atoms with Crippen molar-refractivity contribution < 1.29 is 12.6 Å². The van der Waals surface area contributed by atoms with E-state index >= 15 is 0 Å². The van der Waals surface area contributed by atoms with Crippen molar-refractivity contribution in [2.24, 2.45) is 4.40 Å². The lowest BCUT2D eigenvalue weighted by molar-refractivity contribution is 0.485. The Balaban J connectivity index is 2.60. The molecule has 0 spiro atoms. The zero-order valence-electron chi connectivity index (χ0n) is 6.89. The maximum Gasteiger partial charge on any atom is 0.428 e. The molecule has 0 aromatic heterocycles. The Hall–Kier alpha value is -1.36. The van der Waals surface area contributed by atoms with Crippen molar-refractivity contribution >= 4 is 16.5 Å². The van der Waals surface area contributed by atoms with Crippen LogP contribution in [0, 0.1) is 6.92 Å². The van der Waals surface area contributed by atoms with Gasteiger partial charge in [-0.05, 0) is 24.6 Å². The summed E-state index contributed by atoms with van der Waals surface area (Å²) in [4.78, 5) is 0. The van der Waals surface area contributed by atoms with Crippen LogP contribution < -0.4 is 4.18 Å². The van der Waals surface area contributed by atoms with E-state index in [1.807, 2.05) is 13.0 Å². The summed E-state index contributed by atoms with van der Waals surface area (Å²) in [5, 5.41) is 0. The Kier molecular flexibility index (Phi) is 1.63. The fourth-order valence-electron chi connectivity index (χ4n) is 1.08. The molecular weight excluding hydrogens is 190 g/mol. The van der Waals surface area contributed by atoms with Gasteiger partial charge in [-0.15, -0.1) is 4.40 Å². The zero-order chi connectivity index (χ0) is 9.47. The van der Waals surface area contributed by atoms with Crippen molar-refractivity contribution in [3.63, 3.8) is 0 Å². The smallest absolute Gasteiger partial charge is 0.365 e. The molecule has 1 aromatic rings. The van der Waals surface area contributed by atoms with E-state index < -0.39 is 10.3 Å². The highest BCUT2D eigenvalue weighted by molar-refractivity contribution is 7.86. The highest BCUT2D eigenvalue weighted by Gasteiger charge is 2.17. The molecule has 1 aromatic carbocycles. The Labute approximate surface area is 76.1 Å². The summed E-state index contributed by atoms with van der Waals surface area (Å²) in [6, 6.07) is 5.30. The van der Waals surface area contributed by atoms with Gasteiger partial charge in [0.25, 0.3) is 0 Å². The van der Waals surface area contributed by atoms with E-state index in [2.05, 4.69) is 8.58 Å². The fraction of sp³-hybridized carbons (Fsp3) is 0.125. The summed E-state index contributed by atoms with van der Waals surface area (Å²) in [5.74, 6) is 0.343. The van der Waals surface area contributed by atoms with Crippen LogP contribution in [0.3, 0.4) is 0 Å². The Bertz CT molecular complexity index is 476. The quantitative estimate of drug-likeness (QED) is 0.624. The SMILES string of the molecule is Cc1ccc2c(c1)OS(=O)(=O)N=C2. The van der Waals surface area contributed by atoms with Crippen LogP contribution in [0.5, 0.6) is 5.75 Å². The number of hydrogen-bond donors (Lipinski definition) is 0. The van der Waals surface area contributed by atoms with Crippen molar-refractivity contribution in [1.29, 1.82) is 0 Å². The largest absolute Gasteiger partial charge is 0.428 e. The van der Waals surface area contributed by atoms with Crippen molar-refractivity contribution in [2.75, 3.05) is 0 Å². The van der Waals surface area contributed by atoms with Crippen LogP contribution in [-0.4, -0.2) is 14.6 Å². The standard InChI is InChI=1S/C8H7NO3S/c1-6-2-3-7-5-9-13(10,11)12-8(7)4-6/h2-5H,1H3. The summed E-state index contributed by atoms with van der Waals surface area (Å²) in [5.41, 5.74) is 1.63. The lowest BCUT2D eigenvalue weighted by atomic mass is 10.1. The molecular formula is C8H7NO3S. The van der Waals surface area contributed by atoms with Gasteiger partial charge in [-0.25, -0.2) is 0 Å². The Morgan fingerprint density at radius 3 is 2.92 bits per heavy atom. The first-order valence-electron chi connectivity index (χ1n) is 3.67. The zero-order valence-corrected chi connectivity index (χ0v) is 7.71. The second-order valence-electron chi connectivity index (χ2n) is 2.79. The molecule has 1 heterocycles. The molecule has 0 bridgehead atoms. The second-order valence-corrected chi connectivity index (χ2v) is 4.02. The van der Waals surface area contributed by atoms with Gasteiger partial charge in [-0.2, -0.15) is 8.42 Å². The third-order valence-corrected chi connectivity index (χ3v) is 2.44. The first-order chi connectivity index (χ1) is 6.07. The molecule has 0 amide bonds. The van der Waals surface area contributed by atoms with Gasteiger partial charge in [0.1, 0.15) is 0 Å². The maximum atomic E-state index is 10.9. The molecule has 0 saturated carbocycles. The summed E-state index contributed by atoms with van der Waals surface area (Å²) in [7, 11) is -3.74. The Morgan fingerprint density at radius 2 is 2.15 bits per heavy atom. The molecule has 0 radical (unpaired) electrons. The number of aryl methyl sites for hydroxylation is 1. The van der Waals surface area contributed by atoms with Gasteiger partial charge in [-0.3, -0.25) is 0 Å². The predicted octanol–water partition coefficient (Wildman–Crippen LogP) is 1.05. The number of hydrogen-bond acceptors (Lipinski definition) is 3. The maximum absolute atomic E-state index is 10.9. The minimum absolute atomic E-state index is 0.343. The van der Waals surface area contributed by atoms with E-state index in [0.717, 1.165) is 5.56 Å². The fourth-order valence-corrected chi connectivity index (χ4v) is 1.73. The van der Waals surface area contributed by atoms with E-state index in [9.17, 15) is 8.42 Å². The average molecular weight is 197 g/mol. The monoisotopic (exact) mass is 197 g/mol. The number of fused-ring (bicyclic) bond motifs is 1. The van der Waals surface area contributed by atoms with E-state index in [0.29, 0.717) is 11.3 Å². The molecule has 1 aliphatic heterocycles. The van der Waals surface area contributed by atoms with Crippen LogP contribution in [0.1, 0.15) is 11.1 Å². The molecule has 13 heavy (non-hydrogen) atoms. The van der Waals surface area contributed by atoms with Gasteiger partial charge < -0.3 is 4.18 Å². The third kappa shape index (κ3) is 1.55. The summed E-state index contributed by atoms with van der Waals surface area (Å²) >= 11 is 0. The van der Waals surface area contributed by atoms with Gasteiger partial charge in [0.05, 0.1) is 6.21 Å². The molecule has 0 N–H and O–H groups in total. The van der Waals surface area contributed by atoms with Gasteiger partial charge in [0.2, 0.25) is 0 Å². The second kappa shape index (κ2) is 2.56. The van der Waals surface area contributed by atoms with Gasteiger partial charge in [0.15, 0.2) is 5.75 Å². The van der Waals surface area contributed by atoms with Crippen LogP contribution >= 0.6 is 0 Å². The highest BCUT2D eigenvalue weighted by atomic mass is 32.2. The Morgan fingerprint density at radius 1 is 1.38 bits per heavy atom. The van der Waals surface area contributed by atoms with Crippen LogP contribution in [0.2, 0.25) is 0 Å². The molecule has 0 fully saturated rings. The molecule has 2 rings (SSSR count). The summed E-state index contributed by atoms with van der Waals surface area (Å²) in [6.07, 6.45) is 1.29. The first-order valence-corrected chi connectivity index (χ1v) is 5.04. The first kappa shape index (κ1) is 8.25. The van der Waals surface area contributed by atoms with Crippen LogP contribution in [0.25, 0.3) is 0 Å². The molecule has 1 aliphatic rings. The van der Waals surface area contributed by atoms with Crippen molar-refractivity contribution in [2.45, 2.75) is 6.92 Å². The lowest BCUT2D eigenvalue weighted by Crippen LogP contribution is -2.12. The number of rotatable bonds is 0. The lowest BCUT2D eigenvalue weighted by Gasteiger charge is -2.10. The topological polar surface area (TPSA) is 55.7 Å². The van der Waals surface area contributed by atoms with E-state index in [1.165, 1.54) is 6.21 Å². The van der Waals surface area contributed by atoms with Gasteiger partial charge >= 0.3 is 10.3 Å². The third-order valence-electron chi connectivity index (χ3n) is 1.69. The number of nitrogens with zero attached hydrogens (tertiary/aromatic N) is 1. The molecule has 0 aliphatic carbocycles. The van der Waals surface area contributed by atoms with E-state index in [-0.39, 0.29) is 0 Å². The summed E-state index contributed by atoms with van der Waals surface area (Å²) < 4.78 is 29.7. The van der Waals surface area contributed by atoms with Gasteiger partial charge in [0, 0.05) is 5.56 Å². The highest BCUT2D eigenvalue weighted by Crippen LogP contribution is 2.23. The van der Waals surface area contributed by atoms with Crippen LogP contribution in [0.15, 0.2) is 22.6 Å². The van der Waals surface area contributed by atoms with Gasteiger partial charge in [-0.1, -0.05) is 6.07 Å². The van der Waals surface area contributed by atoms with Crippen molar-refractivity contribution in [1.82, 2.24) is 0 Å². The average Bonchev–Trinajstić information content (AvgIpc) is 2.01. The van der Waals surface area contributed by atoms with E-state index in [4.69, 9.17) is 0 Å². The molecule has 5 heteroatoms. The normalized spacial score (nSPS) is 17.6. The molecule has 0 saturated heterocycles. The molecule has 0 atom stereocenters. The summed E-state index contributed by atoms with van der Waals surface area (Å²) in [6.45, 7) is 1.86. The minimum atomic E-state index is -3.74. The predicted molar refractivity (Wildman–Crippen MR) is 48.3 cm³/mol.